The third-order valence-electron chi connectivity index (χ3n) is 2.51. The van der Waals surface area contributed by atoms with Gasteiger partial charge in [-0.1, -0.05) is 11.6 Å². The number of hydrogen-bond donors (Lipinski definition) is 1. The number of hydrogen-bond acceptors (Lipinski definition) is 4. The van der Waals surface area contributed by atoms with Gasteiger partial charge in [-0.15, -0.1) is 0 Å². The van der Waals surface area contributed by atoms with E-state index in [0.717, 1.165) is 18.4 Å². The molecule has 0 radical (unpaired) electrons. The van der Waals surface area contributed by atoms with Crippen LogP contribution in [0, 0.1) is 0 Å². The average Bonchev–Trinajstić information content (AvgIpc) is 2.35. The number of halogens is 1. The van der Waals surface area contributed by atoms with Gasteiger partial charge >= 0.3 is 0 Å². The van der Waals surface area contributed by atoms with Crippen molar-refractivity contribution in [1.29, 1.82) is 0 Å². The molecule has 1 aromatic carbocycles. The molecule has 0 bridgehead atoms. The van der Waals surface area contributed by atoms with Gasteiger partial charge in [0.05, 0.1) is 26.4 Å². The van der Waals surface area contributed by atoms with Crippen LogP contribution in [0.15, 0.2) is 6.07 Å². The normalized spacial score (nSPS) is 10.2. The minimum atomic E-state index is 0.511. The van der Waals surface area contributed by atoms with Crippen molar-refractivity contribution in [3.05, 3.63) is 16.7 Å². The van der Waals surface area contributed by atoms with Crippen LogP contribution < -0.4 is 19.9 Å². The molecule has 0 aliphatic carbocycles. The van der Waals surface area contributed by atoms with Crippen molar-refractivity contribution in [3.63, 3.8) is 0 Å². The quantitative estimate of drug-likeness (QED) is 0.851. The van der Waals surface area contributed by atoms with Gasteiger partial charge in [-0.25, -0.2) is 0 Å². The van der Waals surface area contributed by atoms with Gasteiger partial charge in [0.15, 0.2) is 11.5 Å². The SMILES string of the molecule is COc1cc(Cl)c(OC)c(CCCN)c1OC. The van der Waals surface area contributed by atoms with Gasteiger partial charge in [-0.3, -0.25) is 0 Å². The van der Waals surface area contributed by atoms with Crippen LogP contribution in [-0.2, 0) is 6.42 Å². The molecule has 0 aliphatic rings. The number of methoxy groups -OCH3 is 3. The second kappa shape index (κ2) is 6.57. The first-order chi connectivity index (χ1) is 8.19. The highest BCUT2D eigenvalue weighted by Gasteiger charge is 2.18. The molecular weight excluding hydrogens is 242 g/mol. The first kappa shape index (κ1) is 13.9. The van der Waals surface area contributed by atoms with E-state index in [1.54, 1.807) is 27.4 Å². The Balaban J connectivity index is 3.30. The molecule has 0 aliphatic heterocycles. The summed E-state index contributed by atoms with van der Waals surface area (Å²) in [6, 6.07) is 1.69. The highest BCUT2D eigenvalue weighted by atomic mass is 35.5. The number of nitrogens with two attached hydrogens (primary N) is 1. The van der Waals surface area contributed by atoms with Crippen molar-refractivity contribution < 1.29 is 14.2 Å². The van der Waals surface area contributed by atoms with Crippen LogP contribution in [0.1, 0.15) is 12.0 Å². The molecule has 0 saturated heterocycles. The molecule has 0 heterocycles. The van der Waals surface area contributed by atoms with Crippen LogP contribution in [-0.4, -0.2) is 27.9 Å². The molecule has 1 rings (SSSR count). The van der Waals surface area contributed by atoms with Gasteiger partial charge in [0.2, 0.25) is 0 Å². The van der Waals surface area contributed by atoms with Crippen molar-refractivity contribution in [2.24, 2.45) is 5.73 Å². The Morgan fingerprint density at radius 2 is 1.76 bits per heavy atom. The molecular formula is C12H18ClNO3. The molecule has 0 amide bonds. The van der Waals surface area contributed by atoms with Crippen LogP contribution >= 0.6 is 11.6 Å². The molecule has 0 saturated carbocycles. The number of ether oxygens (including phenoxy) is 3. The lowest BCUT2D eigenvalue weighted by Crippen LogP contribution is -2.04. The van der Waals surface area contributed by atoms with E-state index in [1.807, 2.05) is 0 Å². The fourth-order valence-electron chi connectivity index (χ4n) is 1.74. The summed E-state index contributed by atoms with van der Waals surface area (Å²) in [5.74, 6) is 1.88. The molecule has 0 aromatic heterocycles. The van der Waals surface area contributed by atoms with Crippen molar-refractivity contribution >= 4 is 11.6 Å². The van der Waals surface area contributed by atoms with E-state index < -0.39 is 0 Å². The van der Waals surface area contributed by atoms with Crippen LogP contribution in [0.3, 0.4) is 0 Å². The molecule has 96 valence electrons. The lowest BCUT2D eigenvalue weighted by atomic mass is 10.1. The summed E-state index contributed by atoms with van der Waals surface area (Å²) in [4.78, 5) is 0. The largest absolute Gasteiger partial charge is 0.495 e. The summed E-state index contributed by atoms with van der Waals surface area (Å²) in [6.45, 7) is 0.598. The van der Waals surface area contributed by atoms with Gasteiger partial charge < -0.3 is 19.9 Å². The van der Waals surface area contributed by atoms with Crippen LogP contribution in [0.4, 0.5) is 0 Å². The molecule has 5 heteroatoms. The third kappa shape index (κ3) is 2.96. The van der Waals surface area contributed by atoms with E-state index in [-0.39, 0.29) is 0 Å². The Morgan fingerprint density at radius 1 is 1.12 bits per heavy atom. The zero-order valence-corrected chi connectivity index (χ0v) is 11.1. The van der Waals surface area contributed by atoms with E-state index in [1.165, 1.54) is 0 Å². The zero-order chi connectivity index (χ0) is 12.8. The van der Waals surface area contributed by atoms with Gasteiger partial charge in [-0.05, 0) is 19.4 Å². The van der Waals surface area contributed by atoms with Gasteiger partial charge in [0.25, 0.3) is 0 Å². The van der Waals surface area contributed by atoms with Gasteiger partial charge in [0, 0.05) is 11.6 Å². The minimum absolute atomic E-state index is 0.511. The van der Waals surface area contributed by atoms with E-state index in [2.05, 4.69) is 0 Å². The molecule has 0 atom stereocenters. The van der Waals surface area contributed by atoms with Crippen molar-refractivity contribution in [3.8, 4) is 17.2 Å². The molecule has 1 aromatic rings. The van der Waals surface area contributed by atoms with E-state index >= 15 is 0 Å². The van der Waals surface area contributed by atoms with E-state index in [9.17, 15) is 0 Å². The molecule has 2 N–H and O–H groups in total. The van der Waals surface area contributed by atoms with Crippen molar-refractivity contribution in [2.45, 2.75) is 12.8 Å². The van der Waals surface area contributed by atoms with Gasteiger partial charge in [-0.2, -0.15) is 0 Å². The van der Waals surface area contributed by atoms with E-state index in [0.29, 0.717) is 28.8 Å². The summed E-state index contributed by atoms with van der Waals surface area (Å²) >= 11 is 6.13. The van der Waals surface area contributed by atoms with E-state index in [4.69, 9.17) is 31.5 Å². The number of benzene rings is 1. The zero-order valence-electron chi connectivity index (χ0n) is 10.4. The smallest absolute Gasteiger partial charge is 0.167 e. The van der Waals surface area contributed by atoms with Crippen molar-refractivity contribution in [1.82, 2.24) is 0 Å². The Labute approximate surface area is 107 Å². The summed E-state index contributed by atoms with van der Waals surface area (Å²) < 4.78 is 15.9. The van der Waals surface area contributed by atoms with Crippen LogP contribution in [0.5, 0.6) is 17.2 Å². The lowest BCUT2D eigenvalue weighted by Gasteiger charge is -2.17. The third-order valence-corrected chi connectivity index (χ3v) is 2.79. The maximum absolute atomic E-state index is 6.13. The average molecular weight is 260 g/mol. The fraction of sp³-hybridized carbons (Fsp3) is 0.500. The summed E-state index contributed by atoms with van der Waals surface area (Å²) in [7, 11) is 4.75. The molecule has 0 spiro atoms. The summed E-state index contributed by atoms with van der Waals surface area (Å²) in [5, 5.41) is 0.511. The summed E-state index contributed by atoms with van der Waals surface area (Å²) in [5.41, 5.74) is 6.42. The molecule has 0 fully saturated rings. The fourth-order valence-corrected chi connectivity index (χ4v) is 2.03. The Bertz CT molecular complexity index is 383. The first-order valence-electron chi connectivity index (χ1n) is 5.37. The first-order valence-corrected chi connectivity index (χ1v) is 5.74. The minimum Gasteiger partial charge on any atom is -0.495 e. The lowest BCUT2D eigenvalue weighted by molar-refractivity contribution is 0.343. The Hall–Kier alpha value is -1.13. The predicted octanol–water partition coefficient (Wildman–Crippen LogP) is 2.26. The molecule has 4 nitrogen and oxygen atoms in total. The second-order valence-electron chi connectivity index (χ2n) is 3.50. The highest BCUT2D eigenvalue weighted by Crippen LogP contribution is 2.43. The van der Waals surface area contributed by atoms with Crippen LogP contribution in [0.2, 0.25) is 5.02 Å². The molecule has 17 heavy (non-hydrogen) atoms. The second-order valence-corrected chi connectivity index (χ2v) is 3.91. The topological polar surface area (TPSA) is 53.7 Å². The molecule has 0 unspecified atom stereocenters. The maximum atomic E-state index is 6.13. The van der Waals surface area contributed by atoms with Gasteiger partial charge in [0.1, 0.15) is 5.75 Å². The summed E-state index contributed by atoms with van der Waals surface area (Å²) in [6.07, 6.45) is 1.57. The van der Waals surface area contributed by atoms with Crippen LogP contribution in [0.25, 0.3) is 0 Å². The van der Waals surface area contributed by atoms with Crippen molar-refractivity contribution in [2.75, 3.05) is 27.9 Å². The Morgan fingerprint density at radius 3 is 2.24 bits per heavy atom. The highest BCUT2D eigenvalue weighted by molar-refractivity contribution is 6.32. The Kier molecular flexibility index (Phi) is 5.38. The standard InChI is InChI=1S/C12H18ClNO3/c1-15-10-7-9(13)11(16-2)8(5-4-6-14)12(10)17-3/h7H,4-6,14H2,1-3H3. The number of rotatable bonds is 6. The maximum Gasteiger partial charge on any atom is 0.167 e. The monoisotopic (exact) mass is 259 g/mol. The predicted molar refractivity (Wildman–Crippen MR) is 68.5 cm³/mol.